The van der Waals surface area contributed by atoms with Crippen LogP contribution in [0.5, 0.6) is 11.5 Å². The van der Waals surface area contributed by atoms with E-state index in [2.05, 4.69) is 60.7 Å². The van der Waals surface area contributed by atoms with Crippen molar-refractivity contribution in [1.29, 1.82) is 0 Å². The molecule has 0 atom stereocenters. The molecule has 0 saturated heterocycles. The molecule has 216 valence electrons. The predicted molar refractivity (Wildman–Crippen MR) is 159 cm³/mol. The summed E-state index contributed by atoms with van der Waals surface area (Å²) in [6.45, 7) is 8.54. The van der Waals surface area contributed by atoms with E-state index >= 15 is 0 Å². The van der Waals surface area contributed by atoms with Crippen molar-refractivity contribution in [2.24, 2.45) is 10.8 Å². The van der Waals surface area contributed by atoms with Crippen LogP contribution < -0.4 is 9.47 Å². The molecule has 0 bridgehead atoms. The summed E-state index contributed by atoms with van der Waals surface area (Å²) in [7, 11) is 1.49. The number of carbonyl (C=O) groups is 3. The Hall–Kier alpha value is -3.39. The Bertz CT molecular complexity index is 1430. The van der Waals surface area contributed by atoms with Crippen LogP contribution in [0.15, 0.2) is 69.5 Å². The third-order valence-corrected chi connectivity index (χ3v) is 8.72. The van der Waals surface area contributed by atoms with Gasteiger partial charge in [-0.1, -0.05) is 58.0 Å². The Labute approximate surface area is 249 Å². The lowest BCUT2D eigenvalue weighted by Crippen LogP contribution is -2.44. The number of hydrogen-bond donors (Lipinski definition) is 1. The van der Waals surface area contributed by atoms with E-state index in [4.69, 9.17) is 14.6 Å². The van der Waals surface area contributed by atoms with Gasteiger partial charge in [0.2, 0.25) is 0 Å². The average molecular weight is 623 g/mol. The van der Waals surface area contributed by atoms with Crippen LogP contribution in [0.25, 0.3) is 0 Å². The number of rotatable bonds is 7. The van der Waals surface area contributed by atoms with Crippen molar-refractivity contribution >= 4 is 33.5 Å². The molecule has 0 saturated carbocycles. The van der Waals surface area contributed by atoms with Crippen molar-refractivity contribution in [3.63, 3.8) is 0 Å². The van der Waals surface area contributed by atoms with Crippen LogP contribution >= 0.6 is 15.9 Å². The number of ketones is 2. The molecule has 0 fully saturated rings. The van der Waals surface area contributed by atoms with Crippen molar-refractivity contribution < 1.29 is 29.0 Å². The normalized spacial score (nSPS) is 20.1. The minimum atomic E-state index is -1.11. The molecule has 41 heavy (non-hydrogen) atoms. The second-order valence-corrected chi connectivity index (χ2v) is 13.7. The average Bonchev–Trinajstić information content (AvgIpc) is 2.87. The summed E-state index contributed by atoms with van der Waals surface area (Å²) >= 11 is 3.54. The molecule has 0 aromatic heterocycles. The molecule has 5 rings (SSSR count). The minimum absolute atomic E-state index is 0.0461. The van der Waals surface area contributed by atoms with E-state index in [-0.39, 0.29) is 28.1 Å². The number of methoxy groups -OCH3 is 1. The van der Waals surface area contributed by atoms with Gasteiger partial charge in [0.15, 0.2) is 29.7 Å². The Kier molecular flexibility index (Phi) is 7.66. The lowest BCUT2D eigenvalue weighted by Gasteiger charge is -2.49. The highest BCUT2D eigenvalue weighted by Gasteiger charge is 2.49. The molecule has 0 radical (unpaired) electrons. The molecule has 1 heterocycles. The number of benzene rings is 2. The summed E-state index contributed by atoms with van der Waals surface area (Å²) in [6.07, 6.45) is 2.20. The molecule has 7 nitrogen and oxygen atoms in total. The zero-order valence-electron chi connectivity index (χ0n) is 24.2. The van der Waals surface area contributed by atoms with Crippen molar-refractivity contribution in [1.82, 2.24) is 4.90 Å². The number of carbonyl (C=O) groups excluding carboxylic acids is 2. The highest BCUT2D eigenvalue weighted by atomic mass is 79.9. The van der Waals surface area contributed by atoms with Crippen LogP contribution in [0, 0.1) is 10.8 Å². The molecule has 2 aromatic carbocycles. The molecule has 2 aliphatic carbocycles. The van der Waals surface area contributed by atoms with Gasteiger partial charge in [-0.2, -0.15) is 0 Å². The maximum Gasteiger partial charge on any atom is 0.341 e. The Morgan fingerprint density at radius 1 is 0.951 bits per heavy atom. The first-order chi connectivity index (χ1) is 19.3. The molecule has 0 amide bonds. The van der Waals surface area contributed by atoms with E-state index in [1.54, 1.807) is 6.07 Å². The maximum absolute atomic E-state index is 14.1. The lowest BCUT2D eigenvalue weighted by atomic mass is 9.63. The van der Waals surface area contributed by atoms with Gasteiger partial charge < -0.3 is 19.5 Å². The second-order valence-electron chi connectivity index (χ2n) is 12.8. The maximum atomic E-state index is 14.1. The summed E-state index contributed by atoms with van der Waals surface area (Å²) in [5.41, 5.74) is 4.68. The SMILES string of the molecule is COc1cc(C2C3=C(CC(C)(C)CC3=O)N(Cc3ccccc3)C3=C2C(=O)CC(C)(C)C3)cc(Br)c1OCC(=O)O. The monoisotopic (exact) mass is 621 g/mol. The molecule has 1 N–H and O–H groups in total. The van der Waals surface area contributed by atoms with Gasteiger partial charge in [0.1, 0.15) is 0 Å². The first kappa shape index (κ1) is 29.1. The van der Waals surface area contributed by atoms with Crippen LogP contribution in [0.3, 0.4) is 0 Å². The van der Waals surface area contributed by atoms with Crippen molar-refractivity contribution in [2.45, 2.75) is 65.8 Å². The summed E-state index contributed by atoms with van der Waals surface area (Å²) < 4.78 is 11.6. The van der Waals surface area contributed by atoms with E-state index in [9.17, 15) is 14.4 Å². The van der Waals surface area contributed by atoms with E-state index in [1.807, 2.05) is 24.3 Å². The molecular formula is C33H36BrNO6. The second kappa shape index (κ2) is 10.8. The van der Waals surface area contributed by atoms with Gasteiger partial charge in [-0.3, -0.25) is 9.59 Å². The highest BCUT2D eigenvalue weighted by molar-refractivity contribution is 9.10. The van der Waals surface area contributed by atoms with Gasteiger partial charge in [-0.05, 0) is 62.9 Å². The summed E-state index contributed by atoms with van der Waals surface area (Å²) in [5.74, 6) is -0.980. The highest BCUT2D eigenvalue weighted by Crippen LogP contribution is 2.55. The topological polar surface area (TPSA) is 93.1 Å². The summed E-state index contributed by atoms with van der Waals surface area (Å²) in [4.78, 5) is 41.6. The van der Waals surface area contributed by atoms with Gasteiger partial charge in [-0.15, -0.1) is 0 Å². The van der Waals surface area contributed by atoms with Crippen molar-refractivity contribution in [3.05, 3.63) is 80.6 Å². The standard InChI is InChI=1S/C33H36BrNO6/c1-32(2)13-22-29(24(36)15-32)28(20-11-21(34)31(26(12-20)40-5)41-18-27(38)39)30-23(14-33(3,4)16-25(30)37)35(22)17-19-9-7-6-8-10-19/h6-12,28H,13-18H2,1-5H3,(H,38,39). The number of carboxylic acids is 1. The van der Waals surface area contributed by atoms with E-state index in [0.717, 1.165) is 22.5 Å². The third kappa shape index (κ3) is 5.71. The van der Waals surface area contributed by atoms with Gasteiger partial charge in [-0.25, -0.2) is 4.79 Å². The van der Waals surface area contributed by atoms with Crippen LogP contribution in [0.4, 0.5) is 0 Å². The van der Waals surface area contributed by atoms with E-state index in [1.165, 1.54) is 7.11 Å². The van der Waals surface area contributed by atoms with Crippen LogP contribution in [-0.2, 0) is 20.9 Å². The van der Waals surface area contributed by atoms with E-state index < -0.39 is 18.5 Å². The smallest absolute Gasteiger partial charge is 0.341 e. The fourth-order valence-electron chi connectivity index (χ4n) is 6.52. The quantitative estimate of drug-likeness (QED) is 0.363. The van der Waals surface area contributed by atoms with Gasteiger partial charge in [0.25, 0.3) is 0 Å². The Morgan fingerprint density at radius 3 is 2.02 bits per heavy atom. The fourth-order valence-corrected chi connectivity index (χ4v) is 7.09. The largest absolute Gasteiger partial charge is 0.493 e. The molecule has 8 heteroatoms. The molecule has 1 aliphatic heterocycles. The molecule has 0 unspecified atom stereocenters. The van der Waals surface area contributed by atoms with Crippen molar-refractivity contribution in [2.75, 3.05) is 13.7 Å². The van der Waals surface area contributed by atoms with Gasteiger partial charge in [0, 0.05) is 47.8 Å². The summed E-state index contributed by atoms with van der Waals surface area (Å²) in [5, 5.41) is 9.15. The van der Waals surface area contributed by atoms with Gasteiger partial charge >= 0.3 is 5.97 Å². The number of ether oxygens (including phenoxy) is 2. The fraction of sp³-hybridized carbons (Fsp3) is 0.424. The number of carboxylic acid groups (broad SMARTS) is 1. The van der Waals surface area contributed by atoms with Crippen molar-refractivity contribution in [3.8, 4) is 11.5 Å². The zero-order valence-corrected chi connectivity index (χ0v) is 25.8. The number of Topliss-reactive ketones (excluding diaryl/α,β-unsaturated/α-hetero) is 2. The number of halogens is 1. The third-order valence-electron chi connectivity index (χ3n) is 8.13. The number of allylic oxidation sites excluding steroid dienone is 4. The van der Waals surface area contributed by atoms with Crippen LogP contribution in [0.1, 0.15) is 70.4 Å². The molecular weight excluding hydrogens is 586 g/mol. The first-order valence-corrected chi connectivity index (χ1v) is 14.7. The van der Waals surface area contributed by atoms with Crippen LogP contribution in [-0.4, -0.2) is 41.3 Å². The lowest BCUT2D eigenvalue weighted by molar-refractivity contribution is -0.139. The number of aliphatic carboxylic acids is 1. The number of nitrogens with zero attached hydrogens (tertiary/aromatic N) is 1. The minimum Gasteiger partial charge on any atom is -0.493 e. The first-order valence-electron chi connectivity index (χ1n) is 13.9. The zero-order chi connectivity index (χ0) is 29.7. The van der Waals surface area contributed by atoms with E-state index in [0.29, 0.717) is 53.6 Å². The Morgan fingerprint density at radius 2 is 1.51 bits per heavy atom. The number of hydrogen-bond acceptors (Lipinski definition) is 6. The predicted octanol–water partition coefficient (Wildman–Crippen LogP) is 6.81. The summed E-state index contributed by atoms with van der Waals surface area (Å²) in [6, 6.07) is 13.8. The molecule has 2 aromatic rings. The molecule has 0 spiro atoms. The Balaban J connectivity index is 1.75. The molecule has 3 aliphatic rings. The van der Waals surface area contributed by atoms with Gasteiger partial charge in [0.05, 0.1) is 11.6 Å². The van der Waals surface area contributed by atoms with Crippen LogP contribution in [0.2, 0.25) is 0 Å².